The van der Waals surface area contributed by atoms with Crippen molar-refractivity contribution in [2.75, 3.05) is 20.3 Å². The Morgan fingerprint density at radius 1 is 1.21 bits per heavy atom. The Morgan fingerprint density at radius 2 is 1.79 bits per heavy atom. The van der Waals surface area contributed by atoms with Crippen molar-refractivity contribution in [3.05, 3.63) is 42.0 Å². The summed E-state index contributed by atoms with van der Waals surface area (Å²) in [5.74, 6) is -0.642. The Labute approximate surface area is 141 Å². The number of hydrogen-bond acceptors (Lipinski definition) is 2. The van der Waals surface area contributed by atoms with Crippen molar-refractivity contribution in [3.8, 4) is 0 Å². The van der Waals surface area contributed by atoms with Crippen LogP contribution in [0.1, 0.15) is 32.3 Å². The van der Waals surface area contributed by atoms with E-state index in [0.717, 1.165) is 0 Å². The van der Waals surface area contributed by atoms with Gasteiger partial charge in [-0.2, -0.15) is 13.2 Å². The predicted octanol–water partition coefficient (Wildman–Crippen LogP) is 4.30. The van der Waals surface area contributed by atoms with Crippen LogP contribution in [0.4, 0.5) is 13.2 Å². The van der Waals surface area contributed by atoms with Gasteiger partial charge in [0.2, 0.25) is 5.91 Å². The van der Waals surface area contributed by atoms with Crippen molar-refractivity contribution >= 4 is 11.5 Å². The van der Waals surface area contributed by atoms with E-state index in [-0.39, 0.29) is 24.8 Å². The molecule has 6 heteroatoms. The van der Waals surface area contributed by atoms with Crippen LogP contribution in [0.25, 0.3) is 5.57 Å². The Kier molecular flexibility index (Phi) is 7.98. The molecular formula is C18H24F3NO2. The van der Waals surface area contributed by atoms with Crippen molar-refractivity contribution in [1.29, 1.82) is 0 Å². The fourth-order valence-electron chi connectivity index (χ4n) is 2.54. The number of alkyl halides is 3. The van der Waals surface area contributed by atoms with Gasteiger partial charge in [0.1, 0.15) is 0 Å². The van der Waals surface area contributed by atoms with Crippen LogP contribution in [0, 0.1) is 0 Å². The van der Waals surface area contributed by atoms with Gasteiger partial charge in [-0.25, -0.2) is 0 Å². The van der Waals surface area contributed by atoms with E-state index in [0.29, 0.717) is 18.9 Å². The first-order valence-corrected chi connectivity index (χ1v) is 7.98. The van der Waals surface area contributed by atoms with E-state index in [1.165, 1.54) is 36.3 Å². The van der Waals surface area contributed by atoms with Crippen LogP contribution < -0.4 is 0 Å². The van der Waals surface area contributed by atoms with Crippen LogP contribution in [0.3, 0.4) is 0 Å². The summed E-state index contributed by atoms with van der Waals surface area (Å²) in [6, 6.07) is 7.25. The number of benzene rings is 1. The number of carbonyl (C=O) groups excluding carboxylic acids is 1. The lowest BCUT2D eigenvalue weighted by Crippen LogP contribution is -2.41. The summed E-state index contributed by atoms with van der Waals surface area (Å²) in [7, 11) is 1.50. The number of carbonyl (C=O) groups is 1. The maximum atomic E-state index is 13.4. The molecular weight excluding hydrogens is 319 g/mol. The molecule has 0 spiro atoms. The van der Waals surface area contributed by atoms with Crippen LogP contribution in [-0.4, -0.2) is 43.3 Å². The summed E-state index contributed by atoms with van der Waals surface area (Å²) in [6.45, 7) is 4.36. The number of allylic oxidation sites excluding steroid dienone is 1. The first-order valence-electron chi connectivity index (χ1n) is 7.98. The van der Waals surface area contributed by atoms with Gasteiger partial charge in [-0.15, -0.1) is 0 Å². The second-order valence-corrected chi connectivity index (χ2v) is 5.42. The predicted molar refractivity (Wildman–Crippen MR) is 88.4 cm³/mol. The van der Waals surface area contributed by atoms with Crippen LogP contribution in [0.2, 0.25) is 0 Å². The van der Waals surface area contributed by atoms with Crippen molar-refractivity contribution in [2.45, 2.75) is 38.9 Å². The van der Waals surface area contributed by atoms with Crippen molar-refractivity contribution < 1.29 is 22.7 Å². The normalized spacial score (nSPS) is 12.5. The molecule has 1 aromatic carbocycles. The minimum atomic E-state index is -4.60. The number of methoxy groups -OCH3 is 1. The molecule has 0 saturated heterocycles. The van der Waals surface area contributed by atoms with Crippen LogP contribution in [0.15, 0.2) is 36.4 Å². The fourth-order valence-corrected chi connectivity index (χ4v) is 2.54. The fraction of sp³-hybridized carbons (Fsp3) is 0.500. The molecule has 0 bridgehead atoms. The van der Waals surface area contributed by atoms with E-state index in [4.69, 9.17) is 4.74 Å². The molecule has 0 fully saturated rings. The van der Waals surface area contributed by atoms with Crippen LogP contribution in [-0.2, 0) is 9.53 Å². The molecule has 134 valence electrons. The second-order valence-electron chi connectivity index (χ2n) is 5.42. The lowest BCUT2D eigenvalue weighted by molar-refractivity contribution is -0.129. The minimum absolute atomic E-state index is 0.0189. The summed E-state index contributed by atoms with van der Waals surface area (Å²) in [6.07, 6.45) is -2.56. The van der Waals surface area contributed by atoms with Gasteiger partial charge in [0.15, 0.2) is 0 Å². The summed E-state index contributed by atoms with van der Waals surface area (Å²) >= 11 is 0. The average molecular weight is 343 g/mol. The number of hydrogen-bond donors (Lipinski definition) is 0. The molecule has 1 amide bonds. The highest BCUT2D eigenvalue weighted by atomic mass is 19.4. The molecule has 0 unspecified atom stereocenters. The smallest absolute Gasteiger partial charge is 0.383 e. The third-order valence-corrected chi connectivity index (χ3v) is 3.86. The number of ether oxygens (including phenoxy) is 1. The lowest BCUT2D eigenvalue weighted by Gasteiger charge is -2.30. The van der Waals surface area contributed by atoms with E-state index in [9.17, 15) is 18.0 Å². The van der Waals surface area contributed by atoms with E-state index >= 15 is 0 Å². The van der Waals surface area contributed by atoms with Gasteiger partial charge in [-0.05, 0) is 18.4 Å². The molecule has 1 rings (SSSR count). The molecule has 0 aliphatic heterocycles. The van der Waals surface area contributed by atoms with Gasteiger partial charge >= 0.3 is 6.18 Å². The first-order chi connectivity index (χ1) is 11.3. The highest BCUT2D eigenvalue weighted by Crippen LogP contribution is 2.34. The minimum Gasteiger partial charge on any atom is -0.383 e. The summed E-state index contributed by atoms with van der Waals surface area (Å²) in [5, 5.41) is 0. The van der Waals surface area contributed by atoms with Gasteiger partial charge < -0.3 is 9.64 Å². The molecule has 0 atom stereocenters. The lowest BCUT2D eigenvalue weighted by atomic mass is 10.0. The highest BCUT2D eigenvalue weighted by Gasteiger charge is 2.36. The van der Waals surface area contributed by atoms with Crippen LogP contribution >= 0.6 is 0 Å². The largest absolute Gasteiger partial charge is 0.417 e. The molecule has 0 aromatic heterocycles. The maximum absolute atomic E-state index is 13.4. The SMILES string of the molecule is CCC(CC)N(CCOC)C(=O)/C=C(/c1ccccc1)C(F)(F)F. The third-order valence-electron chi connectivity index (χ3n) is 3.86. The molecule has 1 aromatic rings. The van der Waals surface area contributed by atoms with Gasteiger partial charge in [0.25, 0.3) is 0 Å². The number of amides is 1. The van der Waals surface area contributed by atoms with Crippen molar-refractivity contribution in [1.82, 2.24) is 4.90 Å². The van der Waals surface area contributed by atoms with E-state index < -0.39 is 17.7 Å². The summed E-state index contributed by atoms with van der Waals surface area (Å²) < 4.78 is 45.1. The second kappa shape index (κ2) is 9.47. The zero-order valence-corrected chi connectivity index (χ0v) is 14.3. The van der Waals surface area contributed by atoms with Crippen molar-refractivity contribution in [3.63, 3.8) is 0 Å². The van der Waals surface area contributed by atoms with Gasteiger partial charge in [-0.3, -0.25) is 4.79 Å². The first kappa shape index (κ1) is 20.2. The van der Waals surface area contributed by atoms with Crippen LogP contribution in [0.5, 0.6) is 0 Å². The van der Waals surface area contributed by atoms with Gasteiger partial charge in [0.05, 0.1) is 12.2 Å². The maximum Gasteiger partial charge on any atom is 0.417 e. The summed E-state index contributed by atoms with van der Waals surface area (Å²) in [4.78, 5) is 14.0. The van der Waals surface area contributed by atoms with Gasteiger partial charge in [0, 0.05) is 25.8 Å². The molecule has 0 radical (unpaired) electrons. The molecule has 0 heterocycles. The molecule has 3 nitrogen and oxygen atoms in total. The Hall–Kier alpha value is -1.82. The van der Waals surface area contributed by atoms with Gasteiger partial charge in [-0.1, -0.05) is 44.2 Å². The zero-order valence-electron chi connectivity index (χ0n) is 14.3. The Bertz CT molecular complexity index is 537. The van der Waals surface area contributed by atoms with Crippen molar-refractivity contribution in [2.24, 2.45) is 0 Å². The Morgan fingerprint density at radius 3 is 2.25 bits per heavy atom. The Balaban J connectivity index is 3.19. The monoisotopic (exact) mass is 343 g/mol. The quantitative estimate of drug-likeness (QED) is 0.659. The molecule has 0 N–H and O–H groups in total. The zero-order chi connectivity index (χ0) is 18.2. The highest BCUT2D eigenvalue weighted by molar-refractivity contribution is 5.96. The standard InChI is InChI=1S/C18H24F3NO2/c1-4-15(5-2)22(11-12-24-3)17(23)13-16(18(19,20)21)14-9-7-6-8-10-14/h6-10,13,15H,4-5,11-12H2,1-3H3/b16-13-. The molecule has 24 heavy (non-hydrogen) atoms. The average Bonchev–Trinajstić information content (AvgIpc) is 2.56. The molecule has 0 aliphatic carbocycles. The topological polar surface area (TPSA) is 29.5 Å². The van der Waals surface area contributed by atoms with E-state index in [1.807, 2.05) is 13.8 Å². The van der Waals surface area contributed by atoms with E-state index in [2.05, 4.69) is 0 Å². The number of rotatable bonds is 8. The van der Waals surface area contributed by atoms with E-state index in [1.54, 1.807) is 6.07 Å². The number of halogens is 3. The molecule has 0 saturated carbocycles. The number of nitrogens with zero attached hydrogens (tertiary/aromatic N) is 1. The third kappa shape index (κ3) is 5.67. The summed E-state index contributed by atoms with van der Waals surface area (Å²) in [5.41, 5.74) is -0.948. The molecule has 0 aliphatic rings.